The highest BCUT2D eigenvalue weighted by atomic mass is 35.5. The number of rotatable bonds is 7. The zero-order chi connectivity index (χ0) is 12.7. The molecule has 0 aliphatic rings. The van der Waals surface area contributed by atoms with E-state index in [4.69, 9.17) is 32.7 Å². The lowest BCUT2D eigenvalue weighted by molar-refractivity contribution is 0.184. The van der Waals surface area contributed by atoms with Crippen molar-refractivity contribution < 1.29 is 9.47 Å². The van der Waals surface area contributed by atoms with E-state index in [1.165, 1.54) is 0 Å². The van der Waals surface area contributed by atoms with Gasteiger partial charge in [0.2, 0.25) is 0 Å². The van der Waals surface area contributed by atoms with Crippen molar-refractivity contribution in [3.8, 4) is 5.75 Å². The quantitative estimate of drug-likeness (QED) is 0.778. The van der Waals surface area contributed by atoms with E-state index in [-0.39, 0.29) is 6.10 Å². The smallest absolute Gasteiger partial charge is 0.138 e. The molecule has 0 aliphatic heterocycles. The van der Waals surface area contributed by atoms with Gasteiger partial charge in [-0.25, -0.2) is 0 Å². The van der Waals surface area contributed by atoms with Crippen molar-refractivity contribution in [1.29, 1.82) is 0 Å². The summed E-state index contributed by atoms with van der Waals surface area (Å²) in [6.07, 6.45) is 0.0329. The summed E-state index contributed by atoms with van der Waals surface area (Å²) in [4.78, 5) is 0. The first-order chi connectivity index (χ1) is 8.13. The Kier molecular flexibility index (Phi) is 6.66. The van der Waals surface area contributed by atoms with Crippen LogP contribution < -0.4 is 10.1 Å². The van der Waals surface area contributed by atoms with Crippen LogP contribution >= 0.6 is 23.2 Å². The minimum atomic E-state index is 0.0329. The zero-order valence-corrected chi connectivity index (χ0v) is 11.5. The monoisotopic (exact) mass is 277 g/mol. The molecule has 0 spiro atoms. The van der Waals surface area contributed by atoms with Gasteiger partial charge < -0.3 is 14.8 Å². The first-order valence-corrected chi connectivity index (χ1v) is 6.20. The van der Waals surface area contributed by atoms with Gasteiger partial charge in [0.1, 0.15) is 11.9 Å². The third kappa shape index (κ3) is 5.59. The molecule has 0 bridgehead atoms. The van der Waals surface area contributed by atoms with Gasteiger partial charge in [-0.3, -0.25) is 0 Å². The molecule has 1 aromatic rings. The van der Waals surface area contributed by atoms with Crippen LogP contribution in [0.15, 0.2) is 18.2 Å². The van der Waals surface area contributed by atoms with Crippen molar-refractivity contribution in [3.05, 3.63) is 28.2 Å². The Labute approximate surface area is 112 Å². The second-order valence-corrected chi connectivity index (χ2v) is 4.54. The molecule has 3 nitrogen and oxygen atoms in total. The van der Waals surface area contributed by atoms with E-state index in [9.17, 15) is 0 Å². The van der Waals surface area contributed by atoms with Crippen LogP contribution in [0, 0.1) is 0 Å². The van der Waals surface area contributed by atoms with E-state index < -0.39 is 0 Å². The Hall–Kier alpha value is -0.480. The van der Waals surface area contributed by atoms with E-state index in [2.05, 4.69) is 5.32 Å². The molecule has 0 saturated heterocycles. The summed E-state index contributed by atoms with van der Waals surface area (Å²) in [6.45, 7) is 4.21. The molecule has 1 atom stereocenters. The van der Waals surface area contributed by atoms with Gasteiger partial charge in [-0.2, -0.15) is 0 Å². The van der Waals surface area contributed by atoms with Crippen molar-refractivity contribution in [2.45, 2.75) is 13.0 Å². The van der Waals surface area contributed by atoms with Crippen LogP contribution in [-0.4, -0.2) is 32.9 Å². The second kappa shape index (κ2) is 7.77. The standard InChI is InChI=1S/C12H17Cl2NO2/c1-9(8-15-5-6-16-2)17-12-4-3-10(13)7-11(12)14/h3-4,7,9,15H,5-6,8H2,1-2H3. The molecule has 17 heavy (non-hydrogen) atoms. The first-order valence-electron chi connectivity index (χ1n) is 5.45. The molecule has 0 saturated carbocycles. The summed E-state index contributed by atoms with van der Waals surface area (Å²) >= 11 is 11.8. The number of benzene rings is 1. The molecule has 0 aromatic heterocycles. The summed E-state index contributed by atoms with van der Waals surface area (Å²) in [6, 6.07) is 5.20. The van der Waals surface area contributed by atoms with Crippen molar-refractivity contribution in [2.75, 3.05) is 26.8 Å². The molecule has 96 valence electrons. The van der Waals surface area contributed by atoms with Gasteiger partial charge in [0.15, 0.2) is 0 Å². The number of hydrogen-bond donors (Lipinski definition) is 1. The van der Waals surface area contributed by atoms with Crippen LogP contribution in [-0.2, 0) is 4.74 Å². The summed E-state index contributed by atoms with van der Waals surface area (Å²) in [5.41, 5.74) is 0. The average Bonchev–Trinajstić information content (AvgIpc) is 2.28. The Morgan fingerprint density at radius 2 is 2.12 bits per heavy atom. The maximum Gasteiger partial charge on any atom is 0.138 e. The molecular formula is C12H17Cl2NO2. The van der Waals surface area contributed by atoms with E-state index in [0.29, 0.717) is 22.4 Å². The maximum absolute atomic E-state index is 6.01. The van der Waals surface area contributed by atoms with Crippen LogP contribution in [0.4, 0.5) is 0 Å². The van der Waals surface area contributed by atoms with Crippen LogP contribution in [0.25, 0.3) is 0 Å². The highest BCUT2D eigenvalue weighted by Crippen LogP contribution is 2.28. The van der Waals surface area contributed by atoms with Crippen LogP contribution in [0.5, 0.6) is 5.75 Å². The predicted octanol–water partition coefficient (Wildman–Crippen LogP) is 3.00. The number of ether oxygens (including phenoxy) is 2. The first kappa shape index (κ1) is 14.6. The fraction of sp³-hybridized carbons (Fsp3) is 0.500. The molecule has 1 unspecified atom stereocenters. The molecule has 1 N–H and O–H groups in total. The third-order valence-corrected chi connectivity index (χ3v) is 2.67. The minimum absolute atomic E-state index is 0.0329. The fourth-order valence-corrected chi connectivity index (χ4v) is 1.76. The Bertz CT molecular complexity index is 347. The van der Waals surface area contributed by atoms with Crippen LogP contribution in [0.2, 0.25) is 10.0 Å². The summed E-state index contributed by atoms with van der Waals surface area (Å²) in [5.74, 6) is 0.650. The number of hydrogen-bond acceptors (Lipinski definition) is 3. The topological polar surface area (TPSA) is 30.5 Å². The number of halogens is 2. The lowest BCUT2D eigenvalue weighted by atomic mass is 10.3. The highest BCUT2D eigenvalue weighted by Gasteiger charge is 2.07. The van der Waals surface area contributed by atoms with E-state index in [1.807, 2.05) is 6.92 Å². The molecule has 0 heterocycles. The lowest BCUT2D eigenvalue weighted by Crippen LogP contribution is -2.31. The van der Waals surface area contributed by atoms with Gasteiger partial charge in [0.05, 0.1) is 11.6 Å². The molecule has 1 aromatic carbocycles. The molecular weight excluding hydrogens is 261 g/mol. The predicted molar refractivity (Wildman–Crippen MR) is 71.3 cm³/mol. The Morgan fingerprint density at radius 1 is 1.35 bits per heavy atom. The van der Waals surface area contributed by atoms with Crippen molar-refractivity contribution in [3.63, 3.8) is 0 Å². The molecule has 0 amide bonds. The van der Waals surface area contributed by atoms with Gasteiger partial charge in [0.25, 0.3) is 0 Å². The summed E-state index contributed by atoms with van der Waals surface area (Å²) < 4.78 is 10.6. The van der Waals surface area contributed by atoms with Crippen LogP contribution in [0.3, 0.4) is 0 Å². The van der Waals surface area contributed by atoms with Gasteiger partial charge in [0, 0.05) is 25.2 Å². The van der Waals surface area contributed by atoms with Gasteiger partial charge in [-0.1, -0.05) is 23.2 Å². The average molecular weight is 278 g/mol. The normalized spacial score (nSPS) is 12.5. The van der Waals surface area contributed by atoms with Crippen molar-refractivity contribution in [1.82, 2.24) is 5.32 Å². The number of methoxy groups -OCH3 is 1. The van der Waals surface area contributed by atoms with E-state index in [1.54, 1.807) is 25.3 Å². The van der Waals surface area contributed by atoms with Gasteiger partial charge in [-0.05, 0) is 25.1 Å². The third-order valence-electron chi connectivity index (χ3n) is 2.14. The van der Waals surface area contributed by atoms with Gasteiger partial charge >= 0.3 is 0 Å². The van der Waals surface area contributed by atoms with Crippen molar-refractivity contribution >= 4 is 23.2 Å². The molecule has 0 radical (unpaired) electrons. The SMILES string of the molecule is COCCNCC(C)Oc1ccc(Cl)cc1Cl. The highest BCUT2D eigenvalue weighted by molar-refractivity contribution is 6.35. The number of nitrogens with one attached hydrogen (secondary N) is 1. The van der Waals surface area contributed by atoms with Gasteiger partial charge in [-0.15, -0.1) is 0 Å². The summed E-state index contributed by atoms with van der Waals surface area (Å²) in [7, 11) is 1.68. The van der Waals surface area contributed by atoms with Crippen molar-refractivity contribution in [2.24, 2.45) is 0 Å². The molecule has 1 rings (SSSR count). The molecule has 5 heteroatoms. The van der Waals surface area contributed by atoms with E-state index in [0.717, 1.165) is 13.1 Å². The Morgan fingerprint density at radius 3 is 2.76 bits per heavy atom. The van der Waals surface area contributed by atoms with Crippen LogP contribution in [0.1, 0.15) is 6.92 Å². The maximum atomic E-state index is 6.01. The lowest BCUT2D eigenvalue weighted by Gasteiger charge is -2.16. The van der Waals surface area contributed by atoms with E-state index >= 15 is 0 Å². The zero-order valence-electron chi connectivity index (χ0n) is 10.0. The Balaban J connectivity index is 2.37. The molecule has 0 aliphatic carbocycles. The second-order valence-electron chi connectivity index (χ2n) is 3.70. The molecule has 0 fully saturated rings. The summed E-state index contributed by atoms with van der Waals surface area (Å²) in [5, 5.41) is 4.35. The minimum Gasteiger partial charge on any atom is -0.488 e. The fourth-order valence-electron chi connectivity index (χ4n) is 1.31. The largest absolute Gasteiger partial charge is 0.488 e.